The molecule has 22 heavy (non-hydrogen) atoms. The Hall–Kier alpha value is -0.370. The van der Waals surface area contributed by atoms with Gasteiger partial charge in [0.05, 0.1) is 10.7 Å². The van der Waals surface area contributed by atoms with Gasteiger partial charge in [-0.25, -0.2) is 4.98 Å². The van der Waals surface area contributed by atoms with Crippen LogP contribution in [0.5, 0.6) is 0 Å². The topological polar surface area (TPSA) is 49.3 Å². The molecule has 1 aromatic heterocycles. The molecule has 4 nitrogen and oxygen atoms in total. The summed E-state index contributed by atoms with van der Waals surface area (Å²) in [5, 5.41) is 10.0. The SMILES string of the molecule is CN=C(NCCCC1CCCC1)NCCc1csc(C)n1.I. The van der Waals surface area contributed by atoms with Crippen molar-refractivity contribution in [3.8, 4) is 0 Å². The highest BCUT2D eigenvalue weighted by Crippen LogP contribution is 2.28. The third-order valence-electron chi connectivity index (χ3n) is 4.12. The lowest BCUT2D eigenvalue weighted by Crippen LogP contribution is -2.38. The van der Waals surface area contributed by atoms with Crippen molar-refractivity contribution >= 4 is 41.3 Å². The van der Waals surface area contributed by atoms with E-state index in [2.05, 4.69) is 26.0 Å². The van der Waals surface area contributed by atoms with Gasteiger partial charge < -0.3 is 10.6 Å². The number of thiazole rings is 1. The highest BCUT2D eigenvalue weighted by Gasteiger charge is 2.13. The minimum Gasteiger partial charge on any atom is -0.356 e. The Balaban J connectivity index is 0.00000242. The number of guanidine groups is 1. The van der Waals surface area contributed by atoms with Crippen LogP contribution in [0.2, 0.25) is 0 Å². The van der Waals surface area contributed by atoms with Gasteiger partial charge in [-0.3, -0.25) is 4.99 Å². The second-order valence-electron chi connectivity index (χ2n) is 5.83. The van der Waals surface area contributed by atoms with E-state index in [0.717, 1.165) is 36.4 Å². The summed E-state index contributed by atoms with van der Waals surface area (Å²) in [6, 6.07) is 0. The van der Waals surface area contributed by atoms with Gasteiger partial charge in [0.25, 0.3) is 0 Å². The van der Waals surface area contributed by atoms with E-state index in [1.54, 1.807) is 11.3 Å². The van der Waals surface area contributed by atoms with Crippen molar-refractivity contribution in [1.29, 1.82) is 0 Å². The molecular formula is C16H29IN4S. The summed E-state index contributed by atoms with van der Waals surface area (Å²) in [6.07, 6.45) is 9.33. The Morgan fingerprint density at radius 2 is 2.05 bits per heavy atom. The summed E-state index contributed by atoms with van der Waals surface area (Å²) in [4.78, 5) is 8.74. The van der Waals surface area contributed by atoms with Crippen LogP contribution in [0.4, 0.5) is 0 Å². The van der Waals surface area contributed by atoms with Gasteiger partial charge in [-0.2, -0.15) is 0 Å². The van der Waals surface area contributed by atoms with E-state index in [1.165, 1.54) is 44.2 Å². The molecule has 2 rings (SSSR count). The molecule has 1 fully saturated rings. The average molecular weight is 436 g/mol. The molecule has 0 amide bonds. The van der Waals surface area contributed by atoms with Crippen LogP contribution in [0.15, 0.2) is 10.4 Å². The molecule has 0 saturated heterocycles. The number of nitrogens with zero attached hydrogens (tertiary/aromatic N) is 2. The molecule has 0 atom stereocenters. The molecule has 1 aromatic rings. The van der Waals surface area contributed by atoms with Crippen molar-refractivity contribution in [2.75, 3.05) is 20.1 Å². The minimum atomic E-state index is 0. The maximum absolute atomic E-state index is 4.47. The Bertz CT molecular complexity index is 441. The van der Waals surface area contributed by atoms with Gasteiger partial charge >= 0.3 is 0 Å². The molecule has 0 aliphatic heterocycles. The summed E-state index contributed by atoms with van der Waals surface area (Å²) in [5.74, 6) is 1.89. The van der Waals surface area contributed by atoms with E-state index in [4.69, 9.17) is 0 Å². The lowest BCUT2D eigenvalue weighted by Gasteiger charge is -2.13. The Labute approximate surface area is 155 Å². The lowest BCUT2D eigenvalue weighted by molar-refractivity contribution is 0.481. The van der Waals surface area contributed by atoms with Gasteiger partial charge in [-0.15, -0.1) is 35.3 Å². The van der Waals surface area contributed by atoms with E-state index in [-0.39, 0.29) is 24.0 Å². The molecule has 0 bridgehead atoms. The zero-order valence-electron chi connectivity index (χ0n) is 13.7. The molecule has 1 aliphatic carbocycles. The fraction of sp³-hybridized carbons (Fsp3) is 0.750. The van der Waals surface area contributed by atoms with Crippen molar-refractivity contribution < 1.29 is 0 Å². The zero-order chi connectivity index (χ0) is 14.9. The summed E-state index contributed by atoms with van der Waals surface area (Å²) in [6.45, 7) is 3.95. The maximum atomic E-state index is 4.47. The summed E-state index contributed by atoms with van der Waals surface area (Å²) < 4.78 is 0. The molecule has 126 valence electrons. The summed E-state index contributed by atoms with van der Waals surface area (Å²) in [5.41, 5.74) is 1.17. The van der Waals surface area contributed by atoms with E-state index < -0.39 is 0 Å². The number of aromatic nitrogens is 1. The normalized spacial score (nSPS) is 15.6. The van der Waals surface area contributed by atoms with Gasteiger partial charge in [-0.1, -0.05) is 25.7 Å². The van der Waals surface area contributed by atoms with Crippen LogP contribution in [0.1, 0.15) is 49.2 Å². The molecule has 6 heteroatoms. The minimum absolute atomic E-state index is 0. The van der Waals surface area contributed by atoms with Crippen molar-refractivity contribution in [3.63, 3.8) is 0 Å². The Morgan fingerprint density at radius 3 is 2.68 bits per heavy atom. The highest BCUT2D eigenvalue weighted by atomic mass is 127. The van der Waals surface area contributed by atoms with Crippen molar-refractivity contribution in [2.45, 2.75) is 51.9 Å². The van der Waals surface area contributed by atoms with Gasteiger partial charge in [0.1, 0.15) is 0 Å². The van der Waals surface area contributed by atoms with Crippen LogP contribution < -0.4 is 10.6 Å². The van der Waals surface area contributed by atoms with Crippen LogP contribution in [-0.2, 0) is 6.42 Å². The fourth-order valence-electron chi connectivity index (χ4n) is 2.95. The van der Waals surface area contributed by atoms with Gasteiger partial charge in [0, 0.05) is 31.9 Å². The molecule has 1 heterocycles. The van der Waals surface area contributed by atoms with E-state index in [9.17, 15) is 0 Å². The van der Waals surface area contributed by atoms with Crippen molar-refractivity contribution in [1.82, 2.24) is 15.6 Å². The Morgan fingerprint density at radius 1 is 1.32 bits per heavy atom. The molecule has 0 spiro atoms. The second kappa shape index (κ2) is 11.2. The molecule has 1 saturated carbocycles. The number of hydrogen-bond acceptors (Lipinski definition) is 3. The van der Waals surface area contributed by atoms with Crippen LogP contribution in [0.3, 0.4) is 0 Å². The fourth-order valence-corrected chi connectivity index (χ4v) is 3.60. The van der Waals surface area contributed by atoms with Gasteiger partial charge in [0.15, 0.2) is 5.96 Å². The number of hydrogen-bond donors (Lipinski definition) is 2. The van der Waals surface area contributed by atoms with E-state index in [0.29, 0.717) is 0 Å². The predicted molar refractivity (Wildman–Crippen MR) is 107 cm³/mol. The molecule has 0 aromatic carbocycles. The largest absolute Gasteiger partial charge is 0.356 e. The summed E-state index contributed by atoms with van der Waals surface area (Å²) >= 11 is 1.71. The summed E-state index contributed by atoms with van der Waals surface area (Å²) in [7, 11) is 1.83. The maximum Gasteiger partial charge on any atom is 0.190 e. The van der Waals surface area contributed by atoms with E-state index >= 15 is 0 Å². The molecule has 0 unspecified atom stereocenters. The standard InChI is InChI=1S/C16H28N4S.HI/c1-13-20-15(12-21-13)9-11-19-16(17-2)18-10-5-8-14-6-3-4-7-14;/h12,14H,3-11H2,1-2H3,(H2,17,18,19);1H. The van der Waals surface area contributed by atoms with Crippen molar-refractivity contribution in [2.24, 2.45) is 10.9 Å². The van der Waals surface area contributed by atoms with Crippen LogP contribution in [0, 0.1) is 12.8 Å². The quantitative estimate of drug-likeness (QED) is 0.296. The lowest BCUT2D eigenvalue weighted by atomic mass is 10.0. The first kappa shape index (κ1) is 19.7. The van der Waals surface area contributed by atoms with E-state index in [1.807, 2.05) is 14.0 Å². The monoisotopic (exact) mass is 436 g/mol. The zero-order valence-corrected chi connectivity index (χ0v) is 16.9. The first-order chi connectivity index (χ1) is 10.3. The number of nitrogens with one attached hydrogen (secondary N) is 2. The van der Waals surface area contributed by atoms with Gasteiger partial charge in [-0.05, 0) is 25.7 Å². The third kappa shape index (κ3) is 7.26. The smallest absolute Gasteiger partial charge is 0.190 e. The van der Waals surface area contributed by atoms with Crippen LogP contribution >= 0.6 is 35.3 Å². The highest BCUT2D eigenvalue weighted by molar-refractivity contribution is 14.0. The van der Waals surface area contributed by atoms with Crippen molar-refractivity contribution in [3.05, 3.63) is 16.1 Å². The number of rotatable bonds is 7. The van der Waals surface area contributed by atoms with Crippen LogP contribution in [0.25, 0.3) is 0 Å². The molecule has 1 aliphatic rings. The second-order valence-corrected chi connectivity index (χ2v) is 6.89. The molecule has 2 N–H and O–H groups in total. The average Bonchev–Trinajstić information content (AvgIpc) is 3.13. The molecule has 0 radical (unpaired) electrons. The third-order valence-corrected chi connectivity index (χ3v) is 4.94. The number of halogens is 1. The van der Waals surface area contributed by atoms with Crippen LogP contribution in [-0.4, -0.2) is 31.1 Å². The first-order valence-electron chi connectivity index (χ1n) is 8.13. The number of aryl methyl sites for hydroxylation is 1. The predicted octanol–water partition coefficient (Wildman–Crippen LogP) is 3.75. The first-order valence-corrected chi connectivity index (χ1v) is 9.01. The number of aliphatic imine (C=N–C) groups is 1. The molecular weight excluding hydrogens is 407 g/mol. The van der Waals surface area contributed by atoms with Gasteiger partial charge in [0.2, 0.25) is 0 Å². The Kier molecular flexibility index (Phi) is 10.0.